The van der Waals surface area contributed by atoms with Crippen LogP contribution in [0.4, 0.5) is 4.39 Å². The van der Waals surface area contributed by atoms with Gasteiger partial charge >= 0.3 is 0 Å². The first-order chi connectivity index (χ1) is 7.29. The highest BCUT2D eigenvalue weighted by atomic mass is 19.1. The Morgan fingerprint density at radius 2 is 2.27 bits per heavy atom. The van der Waals surface area contributed by atoms with E-state index >= 15 is 0 Å². The molecule has 2 nitrogen and oxygen atoms in total. The Morgan fingerprint density at radius 3 is 2.87 bits per heavy atom. The van der Waals surface area contributed by atoms with Gasteiger partial charge in [-0.25, -0.2) is 4.39 Å². The number of benzene rings is 1. The molecule has 1 saturated carbocycles. The van der Waals surface area contributed by atoms with Crippen molar-refractivity contribution in [3.63, 3.8) is 0 Å². The van der Waals surface area contributed by atoms with Crippen molar-refractivity contribution >= 4 is 0 Å². The van der Waals surface area contributed by atoms with Gasteiger partial charge in [-0.2, -0.15) is 5.26 Å². The van der Waals surface area contributed by atoms with Gasteiger partial charge in [0.2, 0.25) is 0 Å². The second-order valence-corrected chi connectivity index (χ2v) is 3.76. The molecule has 0 N–H and O–H groups in total. The molecule has 1 aromatic rings. The topological polar surface area (TPSA) is 33.0 Å². The van der Waals surface area contributed by atoms with Crippen LogP contribution < -0.4 is 4.74 Å². The second kappa shape index (κ2) is 4.31. The van der Waals surface area contributed by atoms with Gasteiger partial charge in [0.25, 0.3) is 0 Å². The van der Waals surface area contributed by atoms with Gasteiger partial charge in [-0.15, -0.1) is 0 Å². The third-order valence-electron chi connectivity index (χ3n) is 2.64. The molecule has 3 heteroatoms. The molecule has 0 saturated heterocycles. The maximum absolute atomic E-state index is 12.9. The van der Waals surface area contributed by atoms with Gasteiger partial charge in [0, 0.05) is 5.56 Å². The molecule has 0 heterocycles. The van der Waals surface area contributed by atoms with Crippen LogP contribution in [0.2, 0.25) is 0 Å². The first-order valence-corrected chi connectivity index (χ1v) is 5.11. The van der Waals surface area contributed by atoms with Crippen molar-refractivity contribution in [1.29, 1.82) is 5.26 Å². The van der Waals surface area contributed by atoms with Crippen LogP contribution in [0.25, 0.3) is 0 Å². The van der Waals surface area contributed by atoms with E-state index in [-0.39, 0.29) is 18.3 Å². The first-order valence-electron chi connectivity index (χ1n) is 5.11. The van der Waals surface area contributed by atoms with Crippen molar-refractivity contribution in [3.05, 3.63) is 29.6 Å². The van der Waals surface area contributed by atoms with Crippen LogP contribution in [0.3, 0.4) is 0 Å². The van der Waals surface area contributed by atoms with Crippen molar-refractivity contribution in [2.45, 2.75) is 31.8 Å². The third-order valence-corrected chi connectivity index (χ3v) is 2.64. The van der Waals surface area contributed by atoms with E-state index in [0.29, 0.717) is 11.3 Å². The molecule has 0 aromatic heterocycles. The minimum Gasteiger partial charge on any atom is -0.490 e. The maximum atomic E-state index is 12.9. The van der Waals surface area contributed by atoms with E-state index in [4.69, 9.17) is 10.00 Å². The average Bonchev–Trinajstić information content (AvgIpc) is 2.14. The first kappa shape index (κ1) is 9.97. The van der Waals surface area contributed by atoms with Crippen LogP contribution in [0, 0.1) is 17.1 Å². The van der Waals surface area contributed by atoms with Gasteiger partial charge in [0.15, 0.2) is 0 Å². The molecule has 0 aliphatic heterocycles. The summed E-state index contributed by atoms with van der Waals surface area (Å²) >= 11 is 0. The number of ether oxygens (including phenoxy) is 1. The van der Waals surface area contributed by atoms with Crippen LogP contribution in [-0.2, 0) is 6.42 Å². The van der Waals surface area contributed by atoms with Crippen LogP contribution in [-0.4, -0.2) is 6.10 Å². The minimum absolute atomic E-state index is 0.194. The zero-order valence-corrected chi connectivity index (χ0v) is 8.37. The molecule has 0 unspecified atom stereocenters. The fraction of sp³-hybridized carbons (Fsp3) is 0.417. The molecule has 1 aliphatic carbocycles. The quantitative estimate of drug-likeness (QED) is 0.760. The summed E-state index contributed by atoms with van der Waals surface area (Å²) in [6, 6.07) is 6.37. The second-order valence-electron chi connectivity index (χ2n) is 3.76. The Morgan fingerprint density at radius 1 is 1.47 bits per heavy atom. The Balaban J connectivity index is 2.16. The third kappa shape index (κ3) is 2.27. The molecule has 1 fully saturated rings. The molecule has 0 amide bonds. The summed E-state index contributed by atoms with van der Waals surface area (Å²) in [6.07, 6.45) is 3.76. The fourth-order valence-electron chi connectivity index (χ4n) is 1.55. The summed E-state index contributed by atoms with van der Waals surface area (Å²) in [5, 5.41) is 8.61. The number of rotatable bonds is 3. The van der Waals surface area contributed by atoms with E-state index in [0.717, 1.165) is 12.8 Å². The summed E-state index contributed by atoms with van der Waals surface area (Å²) in [7, 11) is 0. The number of hydrogen-bond acceptors (Lipinski definition) is 2. The average molecular weight is 205 g/mol. The van der Waals surface area contributed by atoms with Gasteiger partial charge in [0.1, 0.15) is 11.6 Å². The van der Waals surface area contributed by atoms with Crippen LogP contribution in [0.5, 0.6) is 5.75 Å². The van der Waals surface area contributed by atoms with E-state index in [1.807, 2.05) is 6.07 Å². The highest BCUT2D eigenvalue weighted by Gasteiger charge is 2.20. The molecule has 0 bridgehead atoms. The normalized spacial score (nSPS) is 15.5. The van der Waals surface area contributed by atoms with Gasteiger partial charge in [-0.1, -0.05) is 0 Å². The molecule has 1 aliphatic rings. The maximum Gasteiger partial charge on any atom is 0.124 e. The smallest absolute Gasteiger partial charge is 0.124 e. The van der Waals surface area contributed by atoms with Gasteiger partial charge < -0.3 is 4.74 Å². The zero-order chi connectivity index (χ0) is 10.7. The number of nitrogens with zero attached hydrogens (tertiary/aromatic N) is 1. The van der Waals surface area contributed by atoms with E-state index in [1.165, 1.54) is 18.6 Å². The summed E-state index contributed by atoms with van der Waals surface area (Å²) < 4.78 is 18.6. The molecule has 78 valence electrons. The van der Waals surface area contributed by atoms with Crippen LogP contribution in [0.15, 0.2) is 18.2 Å². The summed E-state index contributed by atoms with van der Waals surface area (Å²) in [5.74, 6) is 0.337. The monoisotopic (exact) mass is 205 g/mol. The van der Waals surface area contributed by atoms with Crippen molar-refractivity contribution in [2.24, 2.45) is 0 Å². The highest BCUT2D eigenvalue weighted by molar-refractivity contribution is 5.36. The van der Waals surface area contributed by atoms with E-state index in [2.05, 4.69) is 0 Å². The fourth-order valence-corrected chi connectivity index (χ4v) is 1.55. The van der Waals surface area contributed by atoms with Crippen molar-refractivity contribution in [2.75, 3.05) is 0 Å². The van der Waals surface area contributed by atoms with Gasteiger partial charge in [-0.3, -0.25) is 0 Å². The Hall–Kier alpha value is -1.56. The largest absolute Gasteiger partial charge is 0.490 e. The van der Waals surface area contributed by atoms with Gasteiger partial charge in [0.05, 0.1) is 18.6 Å². The molecule has 0 atom stereocenters. The van der Waals surface area contributed by atoms with Crippen LogP contribution in [0.1, 0.15) is 24.8 Å². The predicted molar refractivity (Wildman–Crippen MR) is 54.0 cm³/mol. The highest BCUT2D eigenvalue weighted by Crippen LogP contribution is 2.28. The SMILES string of the molecule is N#CCc1cc(F)ccc1OC1CCC1. The Bertz CT molecular complexity index is 393. The number of nitriles is 1. The van der Waals surface area contributed by atoms with E-state index in [9.17, 15) is 4.39 Å². The van der Waals surface area contributed by atoms with Crippen molar-refractivity contribution in [1.82, 2.24) is 0 Å². The Kier molecular flexibility index (Phi) is 2.86. The Labute approximate surface area is 88.3 Å². The van der Waals surface area contributed by atoms with Gasteiger partial charge in [-0.05, 0) is 37.5 Å². The zero-order valence-electron chi connectivity index (χ0n) is 8.37. The van der Waals surface area contributed by atoms with Crippen molar-refractivity contribution < 1.29 is 9.13 Å². The van der Waals surface area contributed by atoms with Crippen LogP contribution >= 0.6 is 0 Å². The van der Waals surface area contributed by atoms with Crippen molar-refractivity contribution in [3.8, 4) is 11.8 Å². The lowest BCUT2D eigenvalue weighted by Crippen LogP contribution is -2.25. The summed E-state index contributed by atoms with van der Waals surface area (Å²) in [5.41, 5.74) is 0.643. The lowest BCUT2D eigenvalue weighted by atomic mass is 9.96. The number of hydrogen-bond donors (Lipinski definition) is 0. The lowest BCUT2D eigenvalue weighted by molar-refractivity contribution is 0.119. The molecule has 0 spiro atoms. The number of halogens is 1. The summed E-state index contributed by atoms with van der Waals surface area (Å²) in [4.78, 5) is 0. The lowest BCUT2D eigenvalue weighted by Gasteiger charge is -2.27. The molecule has 15 heavy (non-hydrogen) atoms. The van der Waals surface area contributed by atoms with E-state index < -0.39 is 0 Å². The predicted octanol–water partition coefficient (Wildman–Crippen LogP) is 2.82. The molecule has 2 rings (SSSR count). The molecule has 0 radical (unpaired) electrons. The van der Waals surface area contributed by atoms with E-state index in [1.54, 1.807) is 6.07 Å². The molecular formula is C12H12FNO. The molecular weight excluding hydrogens is 193 g/mol. The minimum atomic E-state index is -0.318. The summed E-state index contributed by atoms with van der Waals surface area (Å²) in [6.45, 7) is 0. The molecule has 1 aromatic carbocycles. The standard InChI is InChI=1S/C12H12FNO/c13-10-4-5-12(9(8-10)6-7-14)15-11-2-1-3-11/h4-5,8,11H,1-3,6H2.